The first-order chi connectivity index (χ1) is 9.79. The Morgan fingerprint density at radius 3 is 2.71 bits per heavy atom. The number of anilines is 1. The van der Waals surface area contributed by atoms with E-state index in [9.17, 15) is 4.79 Å². The molecule has 0 fully saturated rings. The summed E-state index contributed by atoms with van der Waals surface area (Å²) < 4.78 is 1.52. The van der Waals surface area contributed by atoms with Crippen LogP contribution in [0.5, 0.6) is 0 Å². The highest BCUT2D eigenvalue weighted by Gasteiger charge is 2.19. The molecule has 7 heteroatoms. The SMILES string of the molecule is CN(C)CCCNc1nc(C(C)(C)C)cn2c(=O)[nH]nc12. The van der Waals surface area contributed by atoms with Crippen LogP contribution in [0, 0.1) is 0 Å². The molecule has 21 heavy (non-hydrogen) atoms. The molecule has 7 nitrogen and oxygen atoms in total. The van der Waals surface area contributed by atoms with E-state index in [1.54, 1.807) is 6.20 Å². The van der Waals surface area contributed by atoms with Gasteiger partial charge in [-0.3, -0.25) is 0 Å². The summed E-state index contributed by atoms with van der Waals surface area (Å²) in [5.41, 5.74) is 1.02. The van der Waals surface area contributed by atoms with E-state index in [2.05, 4.69) is 46.2 Å². The van der Waals surface area contributed by atoms with Gasteiger partial charge in [0.05, 0.1) is 5.69 Å². The largest absolute Gasteiger partial charge is 0.367 e. The van der Waals surface area contributed by atoms with Crippen molar-refractivity contribution in [3.8, 4) is 0 Å². The molecule has 2 heterocycles. The van der Waals surface area contributed by atoms with E-state index >= 15 is 0 Å². The van der Waals surface area contributed by atoms with Crippen LogP contribution < -0.4 is 11.0 Å². The molecular weight excluding hydrogens is 268 g/mol. The monoisotopic (exact) mass is 292 g/mol. The van der Waals surface area contributed by atoms with E-state index < -0.39 is 0 Å². The fourth-order valence-electron chi connectivity index (χ4n) is 2.00. The molecule has 2 rings (SSSR count). The summed E-state index contributed by atoms with van der Waals surface area (Å²) in [6.45, 7) is 8.00. The maximum absolute atomic E-state index is 11.8. The normalized spacial score (nSPS) is 12.3. The topological polar surface area (TPSA) is 78.3 Å². The lowest BCUT2D eigenvalue weighted by molar-refractivity contribution is 0.405. The Kier molecular flexibility index (Phi) is 4.32. The average Bonchev–Trinajstić information content (AvgIpc) is 2.75. The third kappa shape index (κ3) is 3.60. The smallest absolute Gasteiger partial charge is 0.347 e. The molecule has 0 bridgehead atoms. The maximum Gasteiger partial charge on any atom is 0.347 e. The molecule has 0 aliphatic heterocycles. The van der Waals surface area contributed by atoms with Gasteiger partial charge in [0.15, 0.2) is 5.82 Å². The molecular formula is C14H24N6O. The van der Waals surface area contributed by atoms with Crippen LogP contribution in [0.1, 0.15) is 32.9 Å². The van der Waals surface area contributed by atoms with Crippen molar-refractivity contribution in [1.29, 1.82) is 0 Å². The van der Waals surface area contributed by atoms with E-state index in [0.29, 0.717) is 11.5 Å². The van der Waals surface area contributed by atoms with Crippen LogP contribution in [0.25, 0.3) is 5.65 Å². The number of hydrogen-bond donors (Lipinski definition) is 2. The predicted octanol–water partition coefficient (Wildman–Crippen LogP) is 1.08. The van der Waals surface area contributed by atoms with E-state index in [0.717, 1.165) is 25.2 Å². The Balaban J connectivity index is 2.30. The Labute approximate surface area is 124 Å². The molecule has 0 aliphatic rings. The summed E-state index contributed by atoms with van der Waals surface area (Å²) >= 11 is 0. The first-order valence-corrected chi connectivity index (χ1v) is 7.16. The van der Waals surface area contributed by atoms with Crippen LogP contribution in [-0.2, 0) is 5.41 Å². The highest BCUT2D eigenvalue weighted by molar-refractivity contribution is 5.62. The van der Waals surface area contributed by atoms with E-state index in [4.69, 9.17) is 0 Å². The molecule has 0 unspecified atom stereocenters. The van der Waals surface area contributed by atoms with Crippen LogP contribution in [-0.4, -0.2) is 51.7 Å². The Morgan fingerprint density at radius 1 is 1.38 bits per heavy atom. The summed E-state index contributed by atoms with van der Waals surface area (Å²) in [5, 5.41) is 9.81. The van der Waals surface area contributed by atoms with Crippen molar-refractivity contribution in [2.75, 3.05) is 32.5 Å². The van der Waals surface area contributed by atoms with Crippen molar-refractivity contribution in [1.82, 2.24) is 24.5 Å². The molecule has 0 aromatic carbocycles. The Bertz CT molecular complexity index is 664. The third-order valence-electron chi connectivity index (χ3n) is 3.24. The summed E-state index contributed by atoms with van der Waals surface area (Å²) in [5.74, 6) is 0.652. The first-order valence-electron chi connectivity index (χ1n) is 7.16. The first kappa shape index (κ1) is 15.5. The van der Waals surface area contributed by atoms with Crippen LogP contribution in [0.2, 0.25) is 0 Å². The van der Waals surface area contributed by atoms with E-state index in [1.165, 1.54) is 4.40 Å². The number of aromatic amines is 1. The third-order valence-corrected chi connectivity index (χ3v) is 3.24. The van der Waals surface area contributed by atoms with E-state index in [-0.39, 0.29) is 11.1 Å². The quantitative estimate of drug-likeness (QED) is 0.806. The summed E-state index contributed by atoms with van der Waals surface area (Å²) in [6.07, 6.45) is 2.75. The predicted molar refractivity (Wildman–Crippen MR) is 84.0 cm³/mol. The van der Waals surface area contributed by atoms with Gasteiger partial charge in [-0.25, -0.2) is 19.3 Å². The zero-order valence-corrected chi connectivity index (χ0v) is 13.4. The molecule has 0 atom stereocenters. The van der Waals surface area contributed by atoms with Gasteiger partial charge in [-0.15, -0.1) is 5.10 Å². The number of nitrogens with one attached hydrogen (secondary N) is 2. The molecule has 0 radical (unpaired) electrons. The standard InChI is InChI=1S/C14H24N6O/c1-14(2,3)10-9-20-12(17-18-13(20)21)11(16-10)15-7-6-8-19(4)5/h9H,6-8H2,1-5H3,(H,15,16)(H,18,21). The highest BCUT2D eigenvalue weighted by Crippen LogP contribution is 2.22. The average molecular weight is 292 g/mol. The lowest BCUT2D eigenvalue weighted by Gasteiger charge is -2.19. The minimum atomic E-state index is -0.241. The molecule has 0 spiro atoms. The van der Waals surface area contributed by atoms with Crippen molar-refractivity contribution >= 4 is 11.5 Å². The van der Waals surface area contributed by atoms with E-state index in [1.807, 2.05) is 14.1 Å². The second-order valence-electron chi connectivity index (χ2n) is 6.53. The van der Waals surface area contributed by atoms with Crippen LogP contribution >= 0.6 is 0 Å². The number of nitrogens with zero attached hydrogens (tertiary/aromatic N) is 4. The van der Waals surface area contributed by atoms with Crippen LogP contribution in [0.4, 0.5) is 5.82 Å². The van der Waals surface area contributed by atoms with Gasteiger partial charge in [0.1, 0.15) is 0 Å². The van der Waals surface area contributed by atoms with Crippen molar-refractivity contribution in [3.05, 3.63) is 22.4 Å². The number of hydrogen-bond acceptors (Lipinski definition) is 5. The Morgan fingerprint density at radius 2 is 2.10 bits per heavy atom. The van der Waals surface area contributed by atoms with Crippen molar-refractivity contribution < 1.29 is 0 Å². The number of aromatic nitrogens is 4. The number of rotatable bonds is 5. The molecule has 2 aromatic rings. The van der Waals surface area contributed by atoms with Gasteiger partial charge in [0.25, 0.3) is 0 Å². The summed E-state index contributed by atoms with van der Waals surface area (Å²) in [6, 6.07) is 0. The lowest BCUT2D eigenvalue weighted by Crippen LogP contribution is -2.21. The fraction of sp³-hybridized carbons (Fsp3) is 0.643. The summed E-state index contributed by atoms with van der Waals surface area (Å²) in [7, 11) is 4.09. The molecule has 0 saturated carbocycles. The van der Waals surface area contributed by atoms with Gasteiger partial charge in [0.2, 0.25) is 5.65 Å². The highest BCUT2D eigenvalue weighted by atomic mass is 16.1. The molecule has 2 N–H and O–H groups in total. The van der Waals surface area contributed by atoms with Gasteiger partial charge >= 0.3 is 5.69 Å². The molecule has 116 valence electrons. The van der Waals surface area contributed by atoms with Gasteiger partial charge < -0.3 is 10.2 Å². The van der Waals surface area contributed by atoms with Crippen molar-refractivity contribution in [2.24, 2.45) is 0 Å². The second-order valence-corrected chi connectivity index (χ2v) is 6.53. The minimum Gasteiger partial charge on any atom is -0.367 e. The van der Waals surface area contributed by atoms with Crippen molar-refractivity contribution in [3.63, 3.8) is 0 Å². The number of H-pyrrole nitrogens is 1. The van der Waals surface area contributed by atoms with Gasteiger partial charge in [0, 0.05) is 18.2 Å². The van der Waals surface area contributed by atoms with Crippen LogP contribution in [0.15, 0.2) is 11.0 Å². The fourth-order valence-corrected chi connectivity index (χ4v) is 2.00. The molecule has 0 aliphatic carbocycles. The molecule has 2 aromatic heterocycles. The van der Waals surface area contributed by atoms with Crippen LogP contribution in [0.3, 0.4) is 0 Å². The molecule has 0 saturated heterocycles. The van der Waals surface area contributed by atoms with Gasteiger partial charge in [-0.2, -0.15) is 0 Å². The zero-order chi connectivity index (χ0) is 15.6. The van der Waals surface area contributed by atoms with Crippen molar-refractivity contribution in [2.45, 2.75) is 32.6 Å². The second kappa shape index (κ2) is 5.85. The minimum absolute atomic E-state index is 0.134. The molecule has 0 amide bonds. The zero-order valence-electron chi connectivity index (χ0n) is 13.4. The maximum atomic E-state index is 11.8. The Hall–Kier alpha value is -1.89. The summed E-state index contributed by atoms with van der Waals surface area (Å²) in [4.78, 5) is 18.6. The lowest BCUT2D eigenvalue weighted by atomic mass is 9.93. The van der Waals surface area contributed by atoms with Gasteiger partial charge in [-0.05, 0) is 27.1 Å². The van der Waals surface area contributed by atoms with Gasteiger partial charge in [-0.1, -0.05) is 20.8 Å². The number of fused-ring (bicyclic) bond motifs is 1.